The highest BCUT2D eigenvalue weighted by molar-refractivity contribution is 7.09. The summed E-state index contributed by atoms with van der Waals surface area (Å²) in [6, 6.07) is 0. The zero-order valence-electron chi connectivity index (χ0n) is 11.4. The Hall–Kier alpha value is -0.720. The molecule has 2 heterocycles. The minimum Gasteiger partial charge on any atom is -0.394 e. The van der Waals surface area contributed by atoms with Crippen molar-refractivity contribution in [2.75, 3.05) is 24.6 Å². The van der Waals surface area contributed by atoms with Crippen molar-refractivity contribution in [1.82, 2.24) is 9.36 Å². The summed E-state index contributed by atoms with van der Waals surface area (Å²) in [7, 11) is 0. The van der Waals surface area contributed by atoms with Crippen molar-refractivity contribution in [1.29, 1.82) is 0 Å². The minimum atomic E-state index is -0.269. The fraction of sp³-hybridized carbons (Fsp3) is 0.833. The van der Waals surface area contributed by atoms with Crippen molar-refractivity contribution in [2.24, 2.45) is 0 Å². The molecule has 0 saturated carbocycles. The van der Waals surface area contributed by atoms with Crippen LogP contribution in [0, 0.1) is 0 Å². The average molecular weight is 271 g/mol. The van der Waals surface area contributed by atoms with Crippen LogP contribution in [0.3, 0.4) is 0 Å². The van der Waals surface area contributed by atoms with E-state index in [-0.39, 0.29) is 18.3 Å². The van der Waals surface area contributed by atoms with Gasteiger partial charge < -0.3 is 14.7 Å². The Balaban J connectivity index is 2.15. The number of rotatable bonds is 3. The summed E-state index contributed by atoms with van der Waals surface area (Å²) in [5.41, 5.74) is -0.269. The molecule has 0 bridgehead atoms. The van der Waals surface area contributed by atoms with Gasteiger partial charge in [-0.15, -0.1) is 0 Å². The van der Waals surface area contributed by atoms with Gasteiger partial charge in [0.1, 0.15) is 5.82 Å². The van der Waals surface area contributed by atoms with Gasteiger partial charge >= 0.3 is 0 Å². The Morgan fingerprint density at radius 1 is 1.56 bits per heavy atom. The van der Waals surface area contributed by atoms with Crippen LogP contribution in [-0.4, -0.2) is 45.9 Å². The molecule has 0 spiro atoms. The molecule has 2 rings (SSSR count). The number of ether oxygens (including phenoxy) is 1. The van der Waals surface area contributed by atoms with E-state index < -0.39 is 0 Å². The fourth-order valence-corrected chi connectivity index (χ4v) is 2.94. The Morgan fingerprint density at radius 2 is 2.28 bits per heavy atom. The van der Waals surface area contributed by atoms with Crippen molar-refractivity contribution < 1.29 is 9.84 Å². The van der Waals surface area contributed by atoms with E-state index in [0.717, 1.165) is 17.5 Å². The molecule has 6 heteroatoms. The van der Waals surface area contributed by atoms with E-state index in [0.29, 0.717) is 12.5 Å². The van der Waals surface area contributed by atoms with Crippen LogP contribution in [0.1, 0.15) is 39.4 Å². The lowest BCUT2D eigenvalue weighted by molar-refractivity contribution is -0.101. The number of aromatic nitrogens is 2. The number of hydrogen-bond acceptors (Lipinski definition) is 6. The zero-order valence-corrected chi connectivity index (χ0v) is 12.2. The topological polar surface area (TPSA) is 58.5 Å². The second-order valence-electron chi connectivity index (χ2n) is 5.65. The molecule has 1 atom stereocenters. The largest absolute Gasteiger partial charge is 0.394 e. The predicted octanol–water partition coefficient (Wildman–Crippen LogP) is 1.64. The van der Waals surface area contributed by atoms with Crippen LogP contribution in [0.25, 0.3) is 0 Å². The van der Waals surface area contributed by atoms with Crippen LogP contribution in [0.2, 0.25) is 0 Å². The monoisotopic (exact) mass is 271 g/mol. The van der Waals surface area contributed by atoms with Crippen molar-refractivity contribution in [2.45, 2.75) is 45.3 Å². The first-order chi connectivity index (χ1) is 8.41. The minimum absolute atomic E-state index is 0.0375. The summed E-state index contributed by atoms with van der Waals surface area (Å²) < 4.78 is 10.2. The maximum atomic E-state index is 9.30. The summed E-state index contributed by atoms with van der Waals surface area (Å²) in [5.74, 6) is 1.23. The maximum absolute atomic E-state index is 9.30. The Labute approximate surface area is 112 Å². The van der Waals surface area contributed by atoms with Gasteiger partial charge in [-0.3, -0.25) is 0 Å². The van der Waals surface area contributed by atoms with Crippen LogP contribution < -0.4 is 4.90 Å². The molecule has 1 aromatic rings. The van der Waals surface area contributed by atoms with E-state index >= 15 is 0 Å². The van der Waals surface area contributed by atoms with Gasteiger partial charge in [0, 0.05) is 30.5 Å². The van der Waals surface area contributed by atoms with Crippen LogP contribution in [-0.2, 0) is 4.74 Å². The van der Waals surface area contributed by atoms with Crippen molar-refractivity contribution >= 4 is 16.7 Å². The standard InChI is InChI=1S/C12H21N3O2S/c1-8(2)10-13-11(18-14-10)15-5-9(6-16)17-12(3,4)7-15/h8-9,16H,5-7H2,1-4H3. The number of hydrogen-bond donors (Lipinski definition) is 1. The number of aliphatic hydroxyl groups excluding tert-OH is 1. The Bertz CT molecular complexity index is 406. The smallest absolute Gasteiger partial charge is 0.205 e. The molecule has 0 radical (unpaired) electrons. The molecule has 5 nitrogen and oxygen atoms in total. The highest BCUT2D eigenvalue weighted by Gasteiger charge is 2.34. The summed E-state index contributed by atoms with van der Waals surface area (Å²) in [6.45, 7) is 9.73. The number of morpholine rings is 1. The first kappa shape index (κ1) is 13.7. The lowest BCUT2D eigenvalue weighted by Gasteiger charge is -2.42. The quantitative estimate of drug-likeness (QED) is 0.905. The molecule has 0 aromatic carbocycles. The van der Waals surface area contributed by atoms with Crippen molar-refractivity contribution in [3.63, 3.8) is 0 Å². The number of aliphatic hydroxyl groups is 1. The van der Waals surface area contributed by atoms with Crippen LogP contribution >= 0.6 is 11.5 Å². The third-order valence-corrected chi connectivity index (χ3v) is 3.69. The highest BCUT2D eigenvalue weighted by atomic mass is 32.1. The molecule has 18 heavy (non-hydrogen) atoms. The molecule has 1 unspecified atom stereocenters. The number of anilines is 1. The summed E-state index contributed by atoms with van der Waals surface area (Å²) in [5, 5.41) is 10.2. The average Bonchev–Trinajstić information content (AvgIpc) is 2.76. The SMILES string of the molecule is CC(C)c1nsc(N2CC(CO)OC(C)(C)C2)n1. The molecule has 1 aliphatic rings. The van der Waals surface area contributed by atoms with Crippen LogP contribution in [0.4, 0.5) is 5.13 Å². The summed E-state index contributed by atoms with van der Waals surface area (Å²) in [4.78, 5) is 6.72. The normalized spacial score (nSPS) is 23.7. The van der Waals surface area contributed by atoms with Gasteiger partial charge in [0.2, 0.25) is 5.13 Å². The van der Waals surface area contributed by atoms with E-state index in [4.69, 9.17) is 4.74 Å². The first-order valence-corrected chi connectivity index (χ1v) is 7.06. The van der Waals surface area contributed by atoms with Gasteiger partial charge in [0.15, 0.2) is 0 Å². The van der Waals surface area contributed by atoms with E-state index in [1.165, 1.54) is 11.5 Å². The molecule has 1 aliphatic heterocycles. The van der Waals surface area contributed by atoms with Gasteiger partial charge in [-0.2, -0.15) is 4.37 Å². The Kier molecular flexibility index (Phi) is 3.89. The molecule has 1 fully saturated rings. The Morgan fingerprint density at radius 3 is 2.83 bits per heavy atom. The summed E-state index contributed by atoms with van der Waals surface area (Å²) >= 11 is 1.43. The molecular weight excluding hydrogens is 250 g/mol. The van der Waals surface area contributed by atoms with E-state index in [1.54, 1.807) is 0 Å². The molecule has 1 aromatic heterocycles. The molecule has 1 saturated heterocycles. The van der Waals surface area contributed by atoms with Gasteiger partial charge in [0.25, 0.3) is 0 Å². The van der Waals surface area contributed by atoms with Gasteiger partial charge in [-0.1, -0.05) is 13.8 Å². The van der Waals surface area contributed by atoms with Crippen molar-refractivity contribution in [3.8, 4) is 0 Å². The zero-order chi connectivity index (χ0) is 13.3. The fourth-order valence-electron chi connectivity index (χ4n) is 2.13. The van der Waals surface area contributed by atoms with E-state index in [9.17, 15) is 5.11 Å². The number of nitrogens with zero attached hydrogens (tertiary/aromatic N) is 3. The lowest BCUT2D eigenvalue weighted by Crippen LogP contribution is -2.54. The highest BCUT2D eigenvalue weighted by Crippen LogP contribution is 2.28. The molecular formula is C12H21N3O2S. The second-order valence-corrected chi connectivity index (χ2v) is 6.38. The third kappa shape index (κ3) is 2.99. The summed E-state index contributed by atoms with van der Waals surface area (Å²) in [6.07, 6.45) is -0.153. The maximum Gasteiger partial charge on any atom is 0.205 e. The first-order valence-electron chi connectivity index (χ1n) is 6.28. The molecule has 0 amide bonds. The van der Waals surface area contributed by atoms with Gasteiger partial charge in [-0.25, -0.2) is 4.98 Å². The lowest BCUT2D eigenvalue weighted by atomic mass is 10.1. The van der Waals surface area contributed by atoms with E-state index in [1.807, 2.05) is 13.8 Å². The predicted molar refractivity (Wildman–Crippen MR) is 72.2 cm³/mol. The molecule has 0 aliphatic carbocycles. The van der Waals surface area contributed by atoms with Gasteiger partial charge in [-0.05, 0) is 13.8 Å². The van der Waals surface area contributed by atoms with Crippen LogP contribution in [0.5, 0.6) is 0 Å². The van der Waals surface area contributed by atoms with Crippen LogP contribution in [0.15, 0.2) is 0 Å². The molecule has 1 N–H and O–H groups in total. The van der Waals surface area contributed by atoms with E-state index in [2.05, 4.69) is 28.1 Å². The van der Waals surface area contributed by atoms with Crippen molar-refractivity contribution in [3.05, 3.63) is 5.82 Å². The second kappa shape index (κ2) is 5.11. The molecule has 102 valence electrons. The van der Waals surface area contributed by atoms with Gasteiger partial charge in [0.05, 0.1) is 18.3 Å². The third-order valence-electron chi connectivity index (χ3n) is 2.90.